The Kier molecular flexibility index (Phi) is 3.32. The third-order valence-corrected chi connectivity index (χ3v) is 3.14. The van der Waals surface area contributed by atoms with E-state index in [2.05, 4.69) is 4.74 Å². The minimum atomic E-state index is -5.02. The largest absolute Gasteiger partial charge is 0.573 e. The number of carbonyl (C=O) groups excluding carboxylic acids is 2. The Hall–Kier alpha value is -2.90. The van der Waals surface area contributed by atoms with E-state index >= 15 is 0 Å². The van der Waals surface area contributed by atoms with Crippen LogP contribution >= 0.6 is 0 Å². The average Bonchev–Trinajstić information content (AvgIpc) is 2.69. The first-order valence-electron chi connectivity index (χ1n) is 6.30. The molecule has 1 heterocycles. The highest BCUT2D eigenvalue weighted by Gasteiger charge is 2.37. The standard InChI is InChI=1S/C15H7F4NO3/c16-8-5-9(7-10(6-8)23-15(17,18)19)20-13(21)11-3-1-2-4-12(11)14(20)22/h1-7H. The second-order valence-electron chi connectivity index (χ2n) is 4.68. The Morgan fingerprint density at radius 3 is 2.00 bits per heavy atom. The van der Waals surface area contributed by atoms with Crippen LogP contribution in [-0.2, 0) is 0 Å². The molecule has 4 nitrogen and oxygen atoms in total. The summed E-state index contributed by atoms with van der Waals surface area (Å²) in [4.78, 5) is 25.1. The van der Waals surface area contributed by atoms with Gasteiger partial charge in [0.05, 0.1) is 16.8 Å². The van der Waals surface area contributed by atoms with E-state index < -0.39 is 29.7 Å². The fourth-order valence-corrected chi connectivity index (χ4v) is 2.29. The third kappa shape index (κ3) is 2.75. The number of alkyl halides is 3. The first-order chi connectivity index (χ1) is 10.8. The predicted octanol–water partition coefficient (Wildman–Crippen LogP) is 3.52. The van der Waals surface area contributed by atoms with Gasteiger partial charge in [0.2, 0.25) is 0 Å². The van der Waals surface area contributed by atoms with Crippen LogP contribution in [0.1, 0.15) is 20.7 Å². The molecule has 3 rings (SSSR count). The van der Waals surface area contributed by atoms with Gasteiger partial charge < -0.3 is 4.74 Å². The molecule has 8 heteroatoms. The number of anilines is 1. The number of fused-ring (bicyclic) bond motifs is 1. The van der Waals surface area contributed by atoms with Gasteiger partial charge in [0.25, 0.3) is 11.8 Å². The fourth-order valence-electron chi connectivity index (χ4n) is 2.29. The van der Waals surface area contributed by atoms with Crippen molar-refractivity contribution in [2.24, 2.45) is 0 Å². The number of nitrogens with zero attached hydrogens (tertiary/aromatic N) is 1. The van der Waals surface area contributed by atoms with E-state index in [4.69, 9.17) is 0 Å². The Morgan fingerprint density at radius 1 is 0.913 bits per heavy atom. The van der Waals surface area contributed by atoms with Crippen molar-refractivity contribution in [3.8, 4) is 5.75 Å². The minimum absolute atomic E-state index is 0.0973. The van der Waals surface area contributed by atoms with E-state index in [0.29, 0.717) is 11.0 Å². The van der Waals surface area contributed by atoms with Gasteiger partial charge >= 0.3 is 6.36 Å². The molecular weight excluding hydrogens is 318 g/mol. The second kappa shape index (κ2) is 5.08. The van der Waals surface area contributed by atoms with Crippen LogP contribution in [0.4, 0.5) is 23.2 Å². The molecule has 0 spiro atoms. The minimum Gasteiger partial charge on any atom is -0.406 e. The number of amides is 2. The molecular formula is C15H7F4NO3. The van der Waals surface area contributed by atoms with Crippen molar-refractivity contribution in [1.82, 2.24) is 0 Å². The molecule has 23 heavy (non-hydrogen) atoms. The number of rotatable bonds is 2. The molecule has 0 saturated heterocycles. The van der Waals surface area contributed by atoms with Crippen LogP contribution in [0.15, 0.2) is 42.5 Å². The molecule has 0 atom stereocenters. The van der Waals surface area contributed by atoms with Gasteiger partial charge in [0.1, 0.15) is 11.6 Å². The molecule has 2 aromatic rings. The molecule has 1 aliphatic heterocycles. The highest BCUT2D eigenvalue weighted by molar-refractivity contribution is 6.34. The second-order valence-corrected chi connectivity index (χ2v) is 4.68. The summed E-state index contributed by atoms with van der Waals surface area (Å²) in [6, 6.07) is 7.96. The van der Waals surface area contributed by atoms with E-state index in [1.807, 2.05) is 0 Å². The van der Waals surface area contributed by atoms with Crippen molar-refractivity contribution >= 4 is 17.5 Å². The highest BCUT2D eigenvalue weighted by atomic mass is 19.4. The van der Waals surface area contributed by atoms with Crippen LogP contribution in [-0.4, -0.2) is 18.2 Å². The molecule has 0 N–H and O–H groups in total. The lowest BCUT2D eigenvalue weighted by atomic mass is 10.1. The molecule has 0 fully saturated rings. The van der Waals surface area contributed by atoms with Crippen molar-refractivity contribution < 1.29 is 31.9 Å². The molecule has 0 radical (unpaired) electrons. The van der Waals surface area contributed by atoms with Crippen molar-refractivity contribution in [1.29, 1.82) is 0 Å². The summed E-state index contributed by atoms with van der Waals surface area (Å²) in [6.45, 7) is 0. The highest BCUT2D eigenvalue weighted by Crippen LogP contribution is 2.33. The van der Waals surface area contributed by atoms with Crippen LogP contribution in [0.5, 0.6) is 5.75 Å². The summed E-state index contributed by atoms with van der Waals surface area (Å²) >= 11 is 0. The quantitative estimate of drug-likeness (QED) is 0.627. The lowest BCUT2D eigenvalue weighted by molar-refractivity contribution is -0.274. The van der Waals surface area contributed by atoms with Crippen LogP contribution in [0.25, 0.3) is 0 Å². The molecule has 2 aromatic carbocycles. The normalized spacial score (nSPS) is 14.2. The van der Waals surface area contributed by atoms with Gasteiger partial charge in [-0.05, 0) is 18.2 Å². The summed E-state index contributed by atoms with van der Waals surface area (Å²) in [5, 5.41) is 0. The van der Waals surface area contributed by atoms with E-state index in [1.54, 1.807) is 0 Å². The topological polar surface area (TPSA) is 46.6 Å². The molecule has 2 amide bonds. The monoisotopic (exact) mass is 325 g/mol. The van der Waals surface area contributed by atoms with E-state index in [0.717, 1.165) is 12.1 Å². The van der Waals surface area contributed by atoms with Crippen molar-refractivity contribution in [3.05, 3.63) is 59.4 Å². The zero-order valence-corrected chi connectivity index (χ0v) is 11.2. The summed E-state index contributed by atoms with van der Waals surface area (Å²) < 4.78 is 54.0. The van der Waals surface area contributed by atoms with Gasteiger partial charge in [-0.15, -0.1) is 13.2 Å². The van der Waals surface area contributed by atoms with Gasteiger partial charge in [0, 0.05) is 12.1 Å². The molecule has 118 valence electrons. The van der Waals surface area contributed by atoms with Crippen molar-refractivity contribution in [3.63, 3.8) is 0 Å². The van der Waals surface area contributed by atoms with Crippen LogP contribution in [0.2, 0.25) is 0 Å². The smallest absolute Gasteiger partial charge is 0.406 e. The maximum Gasteiger partial charge on any atom is 0.573 e. The third-order valence-electron chi connectivity index (χ3n) is 3.14. The van der Waals surface area contributed by atoms with Crippen LogP contribution in [0.3, 0.4) is 0 Å². The first kappa shape index (κ1) is 15.0. The van der Waals surface area contributed by atoms with Crippen molar-refractivity contribution in [2.75, 3.05) is 4.90 Å². The van der Waals surface area contributed by atoms with Crippen LogP contribution in [0, 0.1) is 5.82 Å². The first-order valence-corrected chi connectivity index (χ1v) is 6.30. The molecule has 0 unspecified atom stereocenters. The number of carbonyl (C=O) groups is 2. The summed E-state index contributed by atoms with van der Waals surface area (Å²) in [5.74, 6) is -3.41. The van der Waals surface area contributed by atoms with Gasteiger partial charge in [-0.2, -0.15) is 0 Å². The van der Waals surface area contributed by atoms with E-state index in [1.165, 1.54) is 24.3 Å². The maximum absolute atomic E-state index is 13.5. The number of imide groups is 1. The Morgan fingerprint density at radius 2 is 1.48 bits per heavy atom. The van der Waals surface area contributed by atoms with Crippen LogP contribution < -0.4 is 9.64 Å². The Bertz CT molecular complexity index is 782. The predicted molar refractivity (Wildman–Crippen MR) is 70.7 cm³/mol. The fraction of sp³-hybridized carbons (Fsp3) is 0.0667. The molecule has 1 aliphatic rings. The molecule has 0 bridgehead atoms. The zero-order valence-electron chi connectivity index (χ0n) is 11.2. The zero-order chi connectivity index (χ0) is 16.8. The van der Waals surface area contributed by atoms with E-state index in [-0.39, 0.29) is 16.8 Å². The SMILES string of the molecule is O=C1c2ccccc2C(=O)N1c1cc(F)cc(OC(F)(F)F)c1. The maximum atomic E-state index is 13.5. The van der Waals surface area contributed by atoms with Gasteiger partial charge in [-0.25, -0.2) is 9.29 Å². The number of ether oxygens (including phenoxy) is 1. The lowest BCUT2D eigenvalue weighted by Crippen LogP contribution is -2.29. The van der Waals surface area contributed by atoms with E-state index in [9.17, 15) is 27.2 Å². The summed E-state index contributed by atoms with van der Waals surface area (Å²) in [7, 11) is 0. The summed E-state index contributed by atoms with van der Waals surface area (Å²) in [6.07, 6.45) is -5.02. The van der Waals surface area contributed by atoms with Crippen molar-refractivity contribution in [2.45, 2.75) is 6.36 Å². The van der Waals surface area contributed by atoms with Gasteiger partial charge in [-0.3, -0.25) is 9.59 Å². The Balaban J connectivity index is 2.03. The summed E-state index contributed by atoms with van der Waals surface area (Å²) in [5.41, 5.74) is -0.143. The van der Waals surface area contributed by atoms with Gasteiger partial charge in [0.15, 0.2) is 0 Å². The number of halogens is 4. The van der Waals surface area contributed by atoms with Gasteiger partial charge in [-0.1, -0.05) is 12.1 Å². The average molecular weight is 325 g/mol. The molecule has 0 aliphatic carbocycles. The number of hydrogen-bond acceptors (Lipinski definition) is 3. The number of hydrogen-bond donors (Lipinski definition) is 0. The Labute approximate surface area is 126 Å². The molecule has 0 saturated carbocycles. The lowest BCUT2D eigenvalue weighted by Gasteiger charge is -2.16. The number of benzene rings is 2. The molecule has 0 aromatic heterocycles.